The molecule has 1 N–H and O–H groups in total. The maximum absolute atomic E-state index is 13.2. The Kier molecular flexibility index (Phi) is 6.66. The van der Waals surface area contributed by atoms with Gasteiger partial charge in [-0.25, -0.2) is 0 Å². The van der Waals surface area contributed by atoms with E-state index in [0.29, 0.717) is 5.16 Å². The minimum absolute atomic E-state index is 0.0807. The van der Waals surface area contributed by atoms with Gasteiger partial charge in [0.15, 0.2) is 0 Å². The van der Waals surface area contributed by atoms with Crippen molar-refractivity contribution in [3.63, 3.8) is 0 Å². The zero-order chi connectivity index (χ0) is 22.5. The molecule has 0 radical (unpaired) electrons. The number of carbonyl (C=O) groups is 1. The van der Waals surface area contributed by atoms with E-state index in [0.717, 1.165) is 22.4 Å². The first kappa shape index (κ1) is 21.8. The first-order chi connectivity index (χ1) is 15.5. The number of carbonyl (C=O) groups excluding carboxylic acids is 1. The van der Waals surface area contributed by atoms with E-state index in [9.17, 15) is 4.79 Å². The fourth-order valence-electron chi connectivity index (χ4n) is 3.57. The number of aryl methyl sites for hydroxylation is 2. The molecular weight excluding hydrogens is 418 g/mol. The predicted molar refractivity (Wildman–Crippen MR) is 127 cm³/mol. The van der Waals surface area contributed by atoms with Crippen molar-refractivity contribution in [2.75, 3.05) is 0 Å². The van der Waals surface area contributed by atoms with Gasteiger partial charge in [0.05, 0.1) is 17.0 Å². The van der Waals surface area contributed by atoms with Crippen LogP contribution in [0.25, 0.3) is 5.69 Å². The molecule has 1 atom stereocenters. The predicted octanol–water partition coefficient (Wildman–Crippen LogP) is 4.67. The molecule has 32 heavy (non-hydrogen) atoms. The van der Waals surface area contributed by atoms with Gasteiger partial charge in [-0.1, -0.05) is 90.1 Å². The van der Waals surface area contributed by atoms with Crippen LogP contribution in [0.15, 0.2) is 84.0 Å². The number of nitrogens with zero attached hydrogens (tertiary/aromatic N) is 4. The highest BCUT2D eigenvalue weighted by Crippen LogP contribution is 2.27. The van der Waals surface area contributed by atoms with Gasteiger partial charge in [0.2, 0.25) is 11.1 Å². The summed E-state index contributed by atoms with van der Waals surface area (Å²) >= 11 is 1.34. The average molecular weight is 444 g/mol. The molecule has 0 aliphatic heterocycles. The van der Waals surface area contributed by atoms with E-state index in [4.69, 9.17) is 0 Å². The van der Waals surface area contributed by atoms with Gasteiger partial charge in [-0.05, 0) is 54.0 Å². The van der Waals surface area contributed by atoms with Crippen molar-refractivity contribution < 1.29 is 4.79 Å². The van der Waals surface area contributed by atoms with Crippen molar-refractivity contribution in [3.8, 4) is 5.69 Å². The molecule has 1 unspecified atom stereocenters. The number of hydrogen-bond donors (Lipinski definition) is 1. The third kappa shape index (κ3) is 4.89. The quantitative estimate of drug-likeness (QED) is 0.421. The van der Waals surface area contributed by atoms with Crippen LogP contribution >= 0.6 is 11.8 Å². The first-order valence-corrected chi connectivity index (χ1v) is 11.3. The molecule has 0 saturated carbocycles. The molecule has 6 nitrogen and oxygen atoms in total. The van der Waals surface area contributed by atoms with E-state index in [2.05, 4.69) is 26.9 Å². The smallest absolute Gasteiger partial charge is 0.234 e. The van der Waals surface area contributed by atoms with Crippen molar-refractivity contribution in [3.05, 3.63) is 101 Å². The van der Waals surface area contributed by atoms with Gasteiger partial charge in [-0.15, -0.1) is 5.10 Å². The molecule has 0 aliphatic carbocycles. The Hall–Kier alpha value is -3.45. The highest BCUT2D eigenvalue weighted by Gasteiger charge is 2.23. The van der Waals surface area contributed by atoms with E-state index in [1.165, 1.54) is 17.3 Å². The van der Waals surface area contributed by atoms with Gasteiger partial charge in [0.25, 0.3) is 0 Å². The van der Waals surface area contributed by atoms with Crippen LogP contribution in [0.4, 0.5) is 0 Å². The molecule has 0 fully saturated rings. The molecule has 0 saturated heterocycles. The molecule has 1 heterocycles. The van der Waals surface area contributed by atoms with Crippen molar-refractivity contribution in [2.24, 2.45) is 0 Å². The van der Waals surface area contributed by atoms with Gasteiger partial charge in [0, 0.05) is 0 Å². The highest BCUT2D eigenvalue weighted by atomic mass is 32.2. The molecule has 3 aromatic carbocycles. The lowest BCUT2D eigenvalue weighted by Crippen LogP contribution is -2.35. The Morgan fingerprint density at radius 1 is 0.938 bits per heavy atom. The number of aromatic nitrogens is 4. The highest BCUT2D eigenvalue weighted by molar-refractivity contribution is 8.00. The minimum atomic E-state index is -0.388. The number of rotatable bonds is 7. The van der Waals surface area contributed by atoms with Gasteiger partial charge in [-0.2, -0.15) is 4.68 Å². The summed E-state index contributed by atoms with van der Waals surface area (Å²) in [4.78, 5) is 13.2. The van der Waals surface area contributed by atoms with Crippen LogP contribution in [0.5, 0.6) is 0 Å². The second kappa shape index (κ2) is 9.78. The average Bonchev–Trinajstić information content (AvgIpc) is 3.26. The first-order valence-electron chi connectivity index (χ1n) is 10.5. The Morgan fingerprint density at radius 2 is 1.56 bits per heavy atom. The molecule has 4 aromatic rings. The van der Waals surface area contributed by atoms with Crippen molar-refractivity contribution in [1.29, 1.82) is 0 Å². The number of thioether (sulfide) groups is 1. The molecule has 0 aliphatic rings. The van der Waals surface area contributed by atoms with Crippen molar-refractivity contribution in [1.82, 2.24) is 25.5 Å². The zero-order valence-electron chi connectivity index (χ0n) is 18.3. The molecular formula is C25H25N5OS. The third-order valence-electron chi connectivity index (χ3n) is 5.23. The van der Waals surface area contributed by atoms with Crippen molar-refractivity contribution >= 4 is 17.7 Å². The lowest BCUT2D eigenvalue weighted by Gasteiger charge is -2.22. The Bertz CT molecular complexity index is 1150. The van der Waals surface area contributed by atoms with Crippen LogP contribution in [-0.2, 0) is 4.79 Å². The lowest BCUT2D eigenvalue weighted by atomic mass is 9.98. The van der Waals surface area contributed by atoms with Gasteiger partial charge < -0.3 is 5.32 Å². The largest absolute Gasteiger partial charge is 0.344 e. The Balaban J connectivity index is 1.54. The number of benzene rings is 3. The maximum atomic E-state index is 13.2. The number of nitrogens with one attached hydrogen (secondary N) is 1. The molecule has 0 bridgehead atoms. The fourth-order valence-corrected chi connectivity index (χ4v) is 4.38. The van der Waals surface area contributed by atoms with E-state index < -0.39 is 0 Å². The van der Waals surface area contributed by atoms with Crippen LogP contribution in [-0.4, -0.2) is 31.4 Å². The fraction of sp³-hybridized carbons (Fsp3) is 0.200. The molecule has 1 amide bonds. The normalized spacial score (nSPS) is 12.0. The summed E-state index contributed by atoms with van der Waals surface area (Å²) in [5.74, 6) is -0.0807. The standard InChI is InChI=1S/C25H25N5OS/c1-17-14-15-22(18(2)16-17)30-25(27-28-29-30)32-19(3)24(31)26-23(20-10-6-4-7-11-20)21-12-8-5-9-13-21/h4-16,19,23H,1-3H3,(H,26,31). The van der Waals surface area contributed by atoms with E-state index in [-0.39, 0.29) is 17.2 Å². The Labute approximate surface area is 192 Å². The van der Waals surface area contributed by atoms with Crippen LogP contribution in [0.3, 0.4) is 0 Å². The minimum Gasteiger partial charge on any atom is -0.344 e. The van der Waals surface area contributed by atoms with E-state index in [1.54, 1.807) is 4.68 Å². The van der Waals surface area contributed by atoms with E-state index in [1.807, 2.05) is 93.6 Å². The summed E-state index contributed by atoms with van der Waals surface area (Å²) in [6.07, 6.45) is 0. The van der Waals surface area contributed by atoms with Crippen LogP contribution in [0.1, 0.15) is 35.2 Å². The number of amides is 1. The third-order valence-corrected chi connectivity index (χ3v) is 6.26. The molecule has 1 aromatic heterocycles. The van der Waals surface area contributed by atoms with Gasteiger partial charge in [-0.3, -0.25) is 4.79 Å². The number of hydrogen-bond acceptors (Lipinski definition) is 5. The Morgan fingerprint density at radius 3 is 2.16 bits per heavy atom. The summed E-state index contributed by atoms with van der Waals surface area (Å²) in [6, 6.07) is 25.8. The topological polar surface area (TPSA) is 72.7 Å². The zero-order valence-corrected chi connectivity index (χ0v) is 19.1. The van der Waals surface area contributed by atoms with Gasteiger partial charge in [0.1, 0.15) is 0 Å². The summed E-state index contributed by atoms with van der Waals surface area (Å²) in [7, 11) is 0. The number of tetrazole rings is 1. The molecule has 4 rings (SSSR count). The molecule has 7 heteroatoms. The second-order valence-electron chi connectivity index (χ2n) is 7.69. The van der Waals surface area contributed by atoms with Crippen molar-refractivity contribution in [2.45, 2.75) is 37.2 Å². The molecule has 0 spiro atoms. The summed E-state index contributed by atoms with van der Waals surface area (Å²) in [5.41, 5.74) is 5.22. The summed E-state index contributed by atoms with van der Waals surface area (Å²) < 4.78 is 1.69. The maximum Gasteiger partial charge on any atom is 0.234 e. The lowest BCUT2D eigenvalue weighted by molar-refractivity contribution is -0.120. The van der Waals surface area contributed by atoms with Crippen LogP contribution in [0, 0.1) is 13.8 Å². The SMILES string of the molecule is Cc1ccc(-n2nnnc2SC(C)C(=O)NC(c2ccccc2)c2ccccc2)c(C)c1. The monoisotopic (exact) mass is 443 g/mol. The van der Waals surface area contributed by atoms with Gasteiger partial charge >= 0.3 is 0 Å². The summed E-state index contributed by atoms with van der Waals surface area (Å²) in [5, 5.41) is 15.5. The molecule has 162 valence electrons. The summed E-state index contributed by atoms with van der Waals surface area (Å²) in [6.45, 7) is 5.95. The second-order valence-corrected chi connectivity index (χ2v) is 8.99. The van der Waals surface area contributed by atoms with E-state index >= 15 is 0 Å². The van der Waals surface area contributed by atoms with Crippen LogP contribution in [0.2, 0.25) is 0 Å². The van der Waals surface area contributed by atoms with Crippen LogP contribution < -0.4 is 5.32 Å².